The lowest BCUT2D eigenvalue weighted by Crippen LogP contribution is -2.10. The number of aryl methyl sites for hydroxylation is 6. The van der Waals surface area contributed by atoms with E-state index < -0.39 is 0 Å². The van der Waals surface area contributed by atoms with Crippen molar-refractivity contribution >= 4 is 17.1 Å². The summed E-state index contributed by atoms with van der Waals surface area (Å²) < 4.78 is 0. The molecule has 3 nitrogen and oxygen atoms in total. The molecular weight excluding hydrogens is 502 g/mol. The van der Waals surface area contributed by atoms with Crippen molar-refractivity contribution in [3.8, 4) is 11.5 Å². The Morgan fingerprint density at radius 3 is 1.27 bits per heavy atom. The molecule has 5 aromatic carbocycles. The summed E-state index contributed by atoms with van der Waals surface area (Å²) in [6.45, 7) is 12.3. The van der Waals surface area contributed by atoms with Crippen LogP contribution in [0.3, 0.4) is 0 Å². The minimum atomic E-state index is 0.380. The summed E-state index contributed by atoms with van der Waals surface area (Å²) in [6, 6.07) is 32.0. The Morgan fingerprint density at radius 2 is 0.854 bits per heavy atom. The normalized spacial score (nSPS) is 11.1. The Kier molecular flexibility index (Phi) is 7.90. The van der Waals surface area contributed by atoms with Crippen LogP contribution in [0.25, 0.3) is 0 Å². The molecule has 0 saturated carbocycles. The molecule has 0 aromatic heterocycles. The van der Waals surface area contributed by atoms with E-state index in [2.05, 4.69) is 111 Å². The average Bonchev–Trinajstić information content (AvgIpc) is 2.94. The van der Waals surface area contributed by atoms with Crippen LogP contribution in [0.15, 0.2) is 91.0 Å². The van der Waals surface area contributed by atoms with E-state index in [1.54, 1.807) is 0 Å². The maximum absolute atomic E-state index is 10.6. The third-order valence-corrected chi connectivity index (χ3v) is 7.97. The van der Waals surface area contributed by atoms with Gasteiger partial charge in [0.05, 0.1) is 0 Å². The number of rotatable bonds is 7. The lowest BCUT2D eigenvalue weighted by Gasteiger charge is -2.26. The van der Waals surface area contributed by atoms with Crippen LogP contribution in [0.2, 0.25) is 0 Å². The van der Waals surface area contributed by atoms with Gasteiger partial charge in [0, 0.05) is 29.9 Å². The van der Waals surface area contributed by atoms with Gasteiger partial charge in [0.15, 0.2) is 0 Å². The number of hydrogen-bond donors (Lipinski definition) is 2. The van der Waals surface area contributed by atoms with Crippen LogP contribution in [0.1, 0.15) is 55.6 Å². The minimum Gasteiger partial charge on any atom is -0.507 e. The summed E-state index contributed by atoms with van der Waals surface area (Å²) in [6.07, 6.45) is 1.36. The highest BCUT2D eigenvalue weighted by Gasteiger charge is 2.15. The van der Waals surface area contributed by atoms with Crippen molar-refractivity contribution < 1.29 is 10.2 Å². The Balaban J connectivity index is 1.47. The van der Waals surface area contributed by atoms with E-state index in [-0.39, 0.29) is 0 Å². The van der Waals surface area contributed by atoms with Gasteiger partial charge < -0.3 is 15.1 Å². The molecule has 0 aliphatic heterocycles. The molecule has 0 spiro atoms. The second-order valence-corrected chi connectivity index (χ2v) is 11.5. The summed E-state index contributed by atoms with van der Waals surface area (Å²) in [5, 5.41) is 21.2. The van der Waals surface area contributed by atoms with Gasteiger partial charge in [-0.2, -0.15) is 0 Å². The average molecular weight is 542 g/mol. The molecule has 0 aliphatic rings. The monoisotopic (exact) mass is 541 g/mol. The first-order valence-corrected chi connectivity index (χ1v) is 14.2. The first kappa shape index (κ1) is 28.0. The van der Waals surface area contributed by atoms with E-state index in [4.69, 9.17) is 0 Å². The molecule has 0 saturated heterocycles. The second kappa shape index (κ2) is 11.5. The van der Waals surface area contributed by atoms with Gasteiger partial charge in [-0.1, -0.05) is 65.7 Å². The number of phenolic OH excluding ortho intramolecular Hbond substituents is 2. The summed E-state index contributed by atoms with van der Waals surface area (Å²) in [5.41, 5.74) is 14.1. The molecule has 3 heteroatoms. The highest BCUT2D eigenvalue weighted by Crippen LogP contribution is 2.37. The van der Waals surface area contributed by atoms with Crippen molar-refractivity contribution in [3.05, 3.63) is 147 Å². The zero-order valence-electron chi connectivity index (χ0n) is 24.9. The van der Waals surface area contributed by atoms with E-state index in [9.17, 15) is 10.2 Å². The van der Waals surface area contributed by atoms with Gasteiger partial charge in [0.1, 0.15) is 11.5 Å². The largest absolute Gasteiger partial charge is 0.507 e. The molecule has 0 unspecified atom stereocenters. The molecule has 5 rings (SSSR count). The summed E-state index contributed by atoms with van der Waals surface area (Å²) >= 11 is 0. The van der Waals surface area contributed by atoms with Gasteiger partial charge in [-0.25, -0.2) is 0 Å². The molecule has 5 aromatic rings. The van der Waals surface area contributed by atoms with E-state index in [1.807, 2.05) is 26.0 Å². The Bertz CT molecular complexity index is 1600. The molecule has 41 heavy (non-hydrogen) atoms. The maximum Gasteiger partial charge on any atom is 0.122 e. The topological polar surface area (TPSA) is 43.7 Å². The van der Waals surface area contributed by atoms with Gasteiger partial charge in [-0.05, 0) is 122 Å². The van der Waals surface area contributed by atoms with E-state index >= 15 is 0 Å². The lowest BCUT2D eigenvalue weighted by atomic mass is 9.98. The SMILES string of the molecule is Cc1cc(C)c(O)c(Cc2ccc(N(c3ccc(Cc4cc(C)cc(C)c4O)cc3)c3ccc(C)c(C)c3)cc2)c1. The van der Waals surface area contributed by atoms with Crippen molar-refractivity contribution in [2.75, 3.05) is 4.90 Å². The predicted octanol–water partition coefficient (Wildman–Crippen LogP) is 9.60. The van der Waals surface area contributed by atoms with Gasteiger partial charge in [0.25, 0.3) is 0 Å². The van der Waals surface area contributed by atoms with Crippen LogP contribution in [-0.2, 0) is 12.8 Å². The molecule has 0 radical (unpaired) electrons. The zero-order valence-corrected chi connectivity index (χ0v) is 24.9. The van der Waals surface area contributed by atoms with Crippen LogP contribution in [-0.4, -0.2) is 10.2 Å². The number of hydrogen-bond acceptors (Lipinski definition) is 3. The molecule has 0 bridgehead atoms. The van der Waals surface area contributed by atoms with Crippen LogP contribution < -0.4 is 4.90 Å². The molecule has 2 N–H and O–H groups in total. The number of anilines is 3. The van der Waals surface area contributed by atoms with Gasteiger partial charge in [-0.15, -0.1) is 0 Å². The van der Waals surface area contributed by atoms with Crippen molar-refractivity contribution in [1.29, 1.82) is 0 Å². The highest BCUT2D eigenvalue weighted by molar-refractivity contribution is 5.77. The van der Waals surface area contributed by atoms with Crippen molar-refractivity contribution in [2.24, 2.45) is 0 Å². The van der Waals surface area contributed by atoms with Crippen molar-refractivity contribution in [1.82, 2.24) is 0 Å². The fraction of sp³-hybridized carbons (Fsp3) is 0.211. The smallest absolute Gasteiger partial charge is 0.122 e. The number of benzene rings is 5. The van der Waals surface area contributed by atoms with Crippen molar-refractivity contribution in [2.45, 2.75) is 54.4 Å². The number of aromatic hydroxyl groups is 2. The zero-order chi connectivity index (χ0) is 29.3. The predicted molar refractivity (Wildman–Crippen MR) is 171 cm³/mol. The second-order valence-electron chi connectivity index (χ2n) is 11.5. The van der Waals surface area contributed by atoms with Crippen LogP contribution in [0.5, 0.6) is 11.5 Å². The van der Waals surface area contributed by atoms with Crippen molar-refractivity contribution in [3.63, 3.8) is 0 Å². The van der Waals surface area contributed by atoms with E-state index in [1.165, 1.54) is 11.1 Å². The third kappa shape index (κ3) is 6.15. The number of nitrogens with zero attached hydrogens (tertiary/aromatic N) is 1. The molecule has 0 atom stereocenters. The van der Waals surface area contributed by atoms with Crippen LogP contribution in [0, 0.1) is 41.5 Å². The summed E-state index contributed by atoms with van der Waals surface area (Å²) in [7, 11) is 0. The standard InChI is InChI=1S/C38H39NO2/c1-24-17-28(5)37(40)32(19-24)22-30-8-13-34(14-9-30)39(36-12-7-26(3)27(4)21-36)35-15-10-31(11-16-35)23-33-20-25(2)18-29(6)38(33)41/h7-21,40-41H,22-23H2,1-6H3. The molecular formula is C38H39NO2. The fourth-order valence-corrected chi connectivity index (χ4v) is 5.64. The van der Waals surface area contributed by atoms with Gasteiger partial charge in [-0.3, -0.25) is 0 Å². The fourth-order valence-electron chi connectivity index (χ4n) is 5.64. The quantitative estimate of drug-likeness (QED) is 0.216. The molecule has 0 amide bonds. The highest BCUT2D eigenvalue weighted by atomic mass is 16.3. The first-order chi connectivity index (χ1) is 19.6. The Morgan fingerprint density at radius 1 is 0.439 bits per heavy atom. The molecule has 0 heterocycles. The van der Waals surface area contributed by atoms with Crippen LogP contribution in [0.4, 0.5) is 17.1 Å². The molecule has 0 aliphatic carbocycles. The first-order valence-electron chi connectivity index (χ1n) is 14.2. The molecule has 0 fully saturated rings. The number of phenols is 2. The minimum absolute atomic E-state index is 0.380. The lowest BCUT2D eigenvalue weighted by molar-refractivity contribution is 0.464. The molecule has 208 valence electrons. The summed E-state index contributed by atoms with van der Waals surface area (Å²) in [4.78, 5) is 2.28. The van der Waals surface area contributed by atoms with E-state index in [0.717, 1.165) is 61.6 Å². The summed E-state index contributed by atoms with van der Waals surface area (Å²) in [5.74, 6) is 0.760. The maximum atomic E-state index is 10.6. The Labute approximate surface area is 244 Å². The van der Waals surface area contributed by atoms with Gasteiger partial charge >= 0.3 is 0 Å². The Hall–Kier alpha value is -4.50. The van der Waals surface area contributed by atoms with E-state index in [0.29, 0.717) is 24.3 Å². The van der Waals surface area contributed by atoms with Crippen LogP contribution >= 0.6 is 0 Å². The van der Waals surface area contributed by atoms with Gasteiger partial charge in [0.2, 0.25) is 0 Å². The third-order valence-electron chi connectivity index (χ3n) is 7.97.